The number of nitrogens with one attached hydrogen (secondary N) is 1. The summed E-state index contributed by atoms with van der Waals surface area (Å²) in [6.07, 6.45) is -0.0550. The normalized spacial score (nSPS) is 18.1. The summed E-state index contributed by atoms with van der Waals surface area (Å²) < 4.78 is 20.0. The molecule has 1 aromatic carbocycles. The third-order valence-corrected chi connectivity index (χ3v) is 4.32. The van der Waals surface area contributed by atoms with Gasteiger partial charge >= 0.3 is 0 Å². The zero-order valence-corrected chi connectivity index (χ0v) is 11.1. The van der Waals surface area contributed by atoms with E-state index in [2.05, 4.69) is 21.2 Å². The minimum Gasteiger partial charge on any atom is -0.481 e. The predicted octanol–water partition coefficient (Wildman–Crippen LogP) is 4.20. The Labute approximate surface area is 111 Å². The Balaban J connectivity index is 1.89. The summed E-state index contributed by atoms with van der Waals surface area (Å²) in [5.41, 5.74) is 0.846. The third-order valence-electron chi connectivity index (χ3n) is 2.60. The molecular formula is C12H9BrFNOS. The summed E-state index contributed by atoms with van der Waals surface area (Å²) in [6, 6.07) is 8.55. The summed E-state index contributed by atoms with van der Waals surface area (Å²) in [5, 5.41) is 3.25. The smallest absolute Gasteiger partial charge is 0.150 e. The molecule has 0 amide bonds. The van der Waals surface area contributed by atoms with Gasteiger partial charge in [0.25, 0.3) is 0 Å². The highest BCUT2D eigenvalue weighted by Crippen LogP contribution is 2.37. The van der Waals surface area contributed by atoms with Crippen molar-refractivity contribution in [3.63, 3.8) is 0 Å². The van der Waals surface area contributed by atoms with Gasteiger partial charge in [-0.2, -0.15) is 0 Å². The number of hydrogen-bond donors (Lipinski definition) is 1. The van der Waals surface area contributed by atoms with Crippen LogP contribution in [0.4, 0.5) is 10.1 Å². The molecule has 0 aliphatic carbocycles. The molecule has 1 atom stereocenters. The average molecular weight is 314 g/mol. The Hall–Kier alpha value is -1.07. The molecule has 1 aliphatic rings. The van der Waals surface area contributed by atoms with Gasteiger partial charge in [-0.05, 0) is 40.2 Å². The number of fused-ring (bicyclic) bond motifs is 1. The van der Waals surface area contributed by atoms with E-state index in [-0.39, 0.29) is 11.9 Å². The topological polar surface area (TPSA) is 21.3 Å². The van der Waals surface area contributed by atoms with E-state index < -0.39 is 0 Å². The van der Waals surface area contributed by atoms with Crippen molar-refractivity contribution < 1.29 is 9.13 Å². The molecule has 1 N–H and O–H groups in total. The maximum absolute atomic E-state index is 13.1. The molecule has 5 heteroatoms. The van der Waals surface area contributed by atoms with Crippen LogP contribution >= 0.6 is 27.3 Å². The van der Waals surface area contributed by atoms with Crippen molar-refractivity contribution in [3.05, 3.63) is 44.8 Å². The number of ether oxygens (including phenoxy) is 1. The number of anilines is 1. The second-order valence-corrected chi connectivity index (χ2v) is 6.26. The quantitative estimate of drug-likeness (QED) is 0.852. The molecule has 0 saturated heterocycles. The van der Waals surface area contributed by atoms with Crippen molar-refractivity contribution in [3.8, 4) is 5.75 Å². The van der Waals surface area contributed by atoms with Gasteiger partial charge in [-0.1, -0.05) is 0 Å². The highest BCUT2D eigenvalue weighted by molar-refractivity contribution is 9.11. The van der Waals surface area contributed by atoms with Gasteiger partial charge in [0, 0.05) is 10.9 Å². The van der Waals surface area contributed by atoms with E-state index in [4.69, 9.17) is 4.74 Å². The minimum atomic E-state index is -0.279. The molecule has 0 fully saturated rings. The highest BCUT2D eigenvalue weighted by atomic mass is 79.9. The number of hydrogen-bond acceptors (Lipinski definition) is 3. The molecule has 0 radical (unpaired) electrons. The zero-order chi connectivity index (χ0) is 11.8. The lowest BCUT2D eigenvalue weighted by Crippen LogP contribution is -2.22. The van der Waals surface area contributed by atoms with Crippen LogP contribution < -0.4 is 10.1 Å². The van der Waals surface area contributed by atoms with Crippen molar-refractivity contribution >= 4 is 33.0 Å². The van der Waals surface area contributed by atoms with E-state index in [0.717, 1.165) is 14.4 Å². The minimum absolute atomic E-state index is 0.0550. The Morgan fingerprint density at radius 3 is 3.00 bits per heavy atom. The van der Waals surface area contributed by atoms with E-state index in [1.165, 1.54) is 12.1 Å². The zero-order valence-electron chi connectivity index (χ0n) is 8.74. The summed E-state index contributed by atoms with van der Waals surface area (Å²) in [6.45, 7) is 0.700. The van der Waals surface area contributed by atoms with Gasteiger partial charge in [-0.3, -0.25) is 0 Å². The second-order valence-electron chi connectivity index (χ2n) is 3.77. The predicted molar refractivity (Wildman–Crippen MR) is 70.3 cm³/mol. The van der Waals surface area contributed by atoms with Crippen LogP contribution in [0.25, 0.3) is 0 Å². The van der Waals surface area contributed by atoms with E-state index in [9.17, 15) is 4.39 Å². The summed E-state index contributed by atoms with van der Waals surface area (Å²) in [5.74, 6) is 0.296. The third kappa shape index (κ3) is 2.17. The van der Waals surface area contributed by atoms with Crippen molar-refractivity contribution in [2.75, 3.05) is 11.9 Å². The first-order valence-electron chi connectivity index (χ1n) is 5.18. The van der Waals surface area contributed by atoms with E-state index in [1.807, 2.05) is 12.1 Å². The molecule has 2 nitrogen and oxygen atoms in total. The van der Waals surface area contributed by atoms with Crippen molar-refractivity contribution in [1.29, 1.82) is 0 Å². The summed E-state index contributed by atoms with van der Waals surface area (Å²) in [4.78, 5) is 1.12. The molecule has 2 aromatic rings. The van der Waals surface area contributed by atoms with Crippen LogP contribution in [0.5, 0.6) is 5.75 Å². The van der Waals surface area contributed by atoms with E-state index >= 15 is 0 Å². The van der Waals surface area contributed by atoms with E-state index in [1.54, 1.807) is 17.4 Å². The van der Waals surface area contributed by atoms with Crippen LogP contribution in [0.1, 0.15) is 11.0 Å². The number of halogens is 2. The average Bonchev–Trinajstić information content (AvgIpc) is 2.75. The van der Waals surface area contributed by atoms with Crippen molar-refractivity contribution in [2.45, 2.75) is 6.10 Å². The maximum atomic E-state index is 13.1. The molecule has 3 rings (SSSR count). The summed E-state index contributed by atoms with van der Waals surface area (Å²) >= 11 is 5.06. The molecule has 0 saturated carbocycles. The van der Waals surface area contributed by atoms with Crippen LogP contribution in [-0.4, -0.2) is 6.54 Å². The lowest BCUT2D eigenvalue weighted by Gasteiger charge is -2.26. The molecule has 17 heavy (non-hydrogen) atoms. The van der Waals surface area contributed by atoms with Crippen LogP contribution in [0.15, 0.2) is 34.1 Å². The molecule has 0 spiro atoms. The van der Waals surface area contributed by atoms with E-state index in [0.29, 0.717) is 12.3 Å². The van der Waals surface area contributed by atoms with Crippen LogP contribution in [0.3, 0.4) is 0 Å². The fourth-order valence-corrected chi connectivity index (χ4v) is 3.25. The monoisotopic (exact) mass is 313 g/mol. The highest BCUT2D eigenvalue weighted by Gasteiger charge is 2.22. The fraction of sp³-hybridized carbons (Fsp3) is 0.167. The van der Waals surface area contributed by atoms with Gasteiger partial charge in [0.2, 0.25) is 0 Å². The molecule has 1 aromatic heterocycles. The van der Waals surface area contributed by atoms with Crippen molar-refractivity contribution in [1.82, 2.24) is 0 Å². The molecule has 2 heterocycles. The van der Waals surface area contributed by atoms with Crippen LogP contribution in [0.2, 0.25) is 0 Å². The largest absolute Gasteiger partial charge is 0.481 e. The van der Waals surface area contributed by atoms with Gasteiger partial charge in [0.05, 0.1) is 16.0 Å². The second kappa shape index (κ2) is 4.31. The first-order valence-corrected chi connectivity index (χ1v) is 6.78. The molecule has 0 bridgehead atoms. The van der Waals surface area contributed by atoms with Gasteiger partial charge in [-0.25, -0.2) is 4.39 Å². The lowest BCUT2D eigenvalue weighted by atomic mass is 10.2. The SMILES string of the molecule is Fc1ccc2c(c1)OC(c1ccc(Br)s1)CN2. The number of rotatable bonds is 1. The Kier molecular flexibility index (Phi) is 2.80. The Morgan fingerprint density at radius 2 is 2.24 bits per heavy atom. The first-order chi connectivity index (χ1) is 8.22. The Bertz CT molecular complexity index is 557. The standard InChI is InChI=1S/C12H9BrFNOS/c13-12-4-3-11(17-12)10-6-15-8-2-1-7(14)5-9(8)16-10/h1-5,10,15H,6H2. The van der Waals surface area contributed by atoms with Crippen LogP contribution in [-0.2, 0) is 0 Å². The number of benzene rings is 1. The first kappa shape index (κ1) is 11.0. The fourth-order valence-electron chi connectivity index (χ4n) is 1.80. The van der Waals surface area contributed by atoms with Gasteiger partial charge in [0.1, 0.15) is 11.6 Å². The molecule has 1 unspecified atom stereocenters. The van der Waals surface area contributed by atoms with Gasteiger partial charge < -0.3 is 10.1 Å². The maximum Gasteiger partial charge on any atom is 0.150 e. The van der Waals surface area contributed by atoms with Crippen LogP contribution in [0, 0.1) is 5.82 Å². The Morgan fingerprint density at radius 1 is 1.35 bits per heavy atom. The molecule has 1 aliphatic heterocycles. The lowest BCUT2D eigenvalue weighted by molar-refractivity contribution is 0.213. The number of thiophene rings is 1. The molecular weight excluding hydrogens is 305 g/mol. The van der Waals surface area contributed by atoms with Gasteiger partial charge in [0.15, 0.2) is 6.10 Å². The summed E-state index contributed by atoms with van der Waals surface area (Å²) in [7, 11) is 0. The van der Waals surface area contributed by atoms with Gasteiger partial charge in [-0.15, -0.1) is 11.3 Å². The molecule has 88 valence electrons. The van der Waals surface area contributed by atoms with Crippen molar-refractivity contribution in [2.24, 2.45) is 0 Å².